The number of carbonyl (C=O) groups is 2. The molecule has 4 nitrogen and oxygen atoms in total. The van der Waals surface area contributed by atoms with E-state index in [1.54, 1.807) is 17.4 Å². The zero-order chi connectivity index (χ0) is 25.0. The first kappa shape index (κ1) is 24.8. The van der Waals surface area contributed by atoms with Gasteiger partial charge in [0, 0.05) is 28.0 Å². The summed E-state index contributed by atoms with van der Waals surface area (Å²) in [5.41, 5.74) is 1.80. The van der Waals surface area contributed by atoms with E-state index in [1.165, 1.54) is 24.1 Å². The van der Waals surface area contributed by atoms with Crippen LogP contribution in [0.25, 0.3) is 0 Å². The highest BCUT2D eigenvalue weighted by Crippen LogP contribution is 2.60. The van der Waals surface area contributed by atoms with Crippen molar-refractivity contribution >= 4 is 46.4 Å². The molecule has 4 bridgehead atoms. The van der Waals surface area contributed by atoms with E-state index in [9.17, 15) is 9.59 Å². The third-order valence-electron chi connectivity index (χ3n) is 9.14. The molecule has 36 heavy (non-hydrogen) atoms. The highest BCUT2D eigenvalue weighted by Gasteiger charge is 2.55. The third-order valence-corrected chi connectivity index (χ3v) is 10.7. The summed E-state index contributed by atoms with van der Waals surface area (Å²) in [4.78, 5) is 33.2. The second-order valence-corrected chi connectivity index (χ2v) is 13.5. The Morgan fingerprint density at radius 3 is 2.39 bits per heavy atom. The maximum atomic E-state index is 14.1. The first-order valence-corrected chi connectivity index (χ1v) is 15.1. The molecule has 192 valence electrons. The quantitative estimate of drug-likeness (QED) is 0.393. The monoisotopic (exact) mass is 544 g/mol. The normalized spacial score (nSPS) is 30.4. The minimum absolute atomic E-state index is 0.00870. The predicted octanol–water partition coefficient (Wildman–Crippen LogP) is 6.98. The van der Waals surface area contributed by atoms with Crippen LogP contribution in [-0.2, 0) is 16.0 Å². The van der Waals surface area contributed by atoms with Crippen molar-refractivity contribution in [2.45, 2.75) is 64.3 Å². The first-order chi connectivity index (χ1) is 17.4. The summed E-state index contributed by atoms with van der Waals surface area (Å²) in [5, 5.41) is 3.24. The third kappa shape index (κ3) is 4.29. The Balaban J connectivity index is 1.27. The number of benzene rings is 1. The molecule has 7 rings (SSSR count). The molecule has 0 N–H and O–H groups in total. The van der Waals surface area contributed by atoms with Crippen molar-refractivity contribution in [3.8, 4) is 0 Å². The summed E-state index contributed by atoms with van der Waals surface area (Å²) in [6, 6.07) is 7.38. The van der Waals surface area contributed by atoms with Crippen molar-refractivity contribution in [1.29, 1.82) is 0 Å². The molecule has 1 atom stereocenters. The van der Waals surface area contributed by atoms with Crippen LogP contribution in [-0.4, -0.2) is 41.2 Å². The van der Waals surface area contributed by atoms with Crippen LogP contribution in [0.5, 0.6) is 0 Å². The highest BCUT2D eigenvalue weighted by atomic mass is 35.5. The standard InChI is InChI=1S/C29H34Cl2N2O2S/c1-2-7-32(28(35)29-14-18-10-19(15-29)12-20(11-18)16-29)17-26(34)33-8-5-25-23(6-9-36-25)27(33)22-4-3-21(30)13-24(22)31/h3-4,6,9,13,18-20,27H,2,5,7-8,10-12,14-17H2,1H3. The molecule has 2 amide bonds. The van der Waals surface area contributed by atoms with Crippen LogP contribution in [0.4, 0.5) is 0 Å². The molecular weight excluding hydrogens is 511 g/mol. The summed E-state index contributed by atoms with van der Waals surface area (Å²) >= 11 is 14.6. The van der Waals surface area contributed by atoms with Gasteiger partial charge in [-0.05, 0) is 104 Å². The number of hydrogen-bond donors (Lipinski definition) is 0. The minimum atomic E-state index is -0.254. The van der Waals surface area contributed by atoms with Gasteiger partial charge in [-0.1, -0.05) is 36.2 Å². The summed E-state index contributed by atoms with van der Waals surface area (Å²) in [7, 11) is 0. The summed E-state index contributed by atoms with van der Waals surface area (Å²) < 4.78 is 0. The molecule has 5 aliphatic rings. The molecule has 4 aliphatic carbocycles. The molecule has 1 aromatic carbocycles. The Kier molecular flexibility index (Phi) is 6.63. The Morgan fingerprint density at radius 1 is 1.06 bits per heavy atom. The molecular formula is C29H34Cl2N2O2S. The van der Waals surface area contributed by atoms with Crippen LogP contribution in [0.2, 0.25) is 10.0 Å². The molecule has 1 unspecified atom stereocenters. The van der Waals surface area contributed by atoms with E-state index < -0.39 is 0 Å². The van der Waals surface area contributed by atoms with Gasteiger partial charge in [0.05, 0.1) is 18.0 Å². The van der Waals surface area contributed by atoms with Gasteiger partial charge in [-0.25, -0.2) is 0 Å². The van der Waals surface area contributed by atoms with E-state index in [-0.39, 0.29) is 29.8 Å². The molecule has 4 saturated carbocycles. The van der Waals surface area contributed by atoms with Gasteiger partial charge in [-0.15, -0.1) is 11.3 Å². The lowest BCUT2D eigenvalue weighted by molar-refractivity contribution is -0.160. The first-order valence-electron chi connectivity index (χ1n) is 13.5. The summed E-state index contributed by atoms with van der Waals surface area (Å²) in [6.07, 6.45) is 8.67. The van der Waals surface area contributed by atoms with Crippen LogP contribution >= 0.6 is 34.5 Å². The van der Waals surface area contributed by atoms with Gasteiger partial charge in [0.1, 0.15) is 0 Å². The van der Waals surface area contributed by atoms with E-state index >= 15 is 0 Å². The molecule has 1 aromatic heterocycles. The molecule has 7 heteroatoms. The second kappa shape index (κ2) is 9.63. The zero-order valence-electron chi connectivity index (χ0n) is 20.8. The van der Waals surface area contributed by atoms with Crippen molar-refractivity contribution in [3.05, 3.63) is 55.7 Å². The number of carbonyl (C=O) groups excluding carboxylic acids is 2. The minimum Gasteiger partial charge on any atom is -0.333 e. The van der Waals surface area contributed by atoms with E-state index in [4.69, 9.17) is 23.2 Å². The number of nitrogens with zero attached hydrogens (tertiary/aromatic N) is 2. The van der Waals surface area contributed by atoms with Crippen molar-refractivity contribution in [3.63, 3.8) is 0 Å². The van der Waals surface area contributed by atoms with Gasteiger partial charge >= 0.3 is 0 Å². The summed E-state index contributed by atoms with van der Waals surface area (Å²) in [5.74, 6) is 2.36. The molecule has 1 aliphatic heterocycles. The average molecular weight is 546 g/mol. The fraction of sp³-hybridized carbons (Fsp3) is 0.586. The molecule has 2 heterocycles. The van der Waals surface area contributed by atoms with E-state index in [0.717, 1.165) is 43.2 Å². The van der Waals surface area contributed by atoms with Crippen LogP contribution in [0.1, 0.15) is 73.9 Å². The highest BCUT2D eigenvalue weighted by molar-refractivity contribution is 7.10. The van der Waals surface area contributed by atoms with Crippen molar-refractivity contribution < 1.29 is 9.59 Å². The topological polar surface area (TPSA) is 40.6 Å². The molecule has 2 aromatic rings. The Labute approximate surface area is 227 Å². The SMILES string of the molecule is CCCN(CC(=O)N1CCc2sccc2C1c1ccc(Cl)cc1Cl)C(=O)C12CC3CC(CC(C3)C1)C2. The fourth-order valence-corrected chi connectivity index (χ4v) is 9.54. The molecule has 0 radical (unpaired) electrons. The zero-order valence-corrected chi connectivity index (χ0v) is 23.2. The molecule has 0 saturated heterocycles. The van der Waals surface area contributed by atoms with Gasteiger partial charge < -0.3 is 9.80 Å². The average Bonchev–Trinajstić information content (AvgIpc) is 3.31. The van der Waals surface area contributed by atoms with Crippen LogP contribution in [0.15, 0.2) is 29.6 Å². The van der Waals surface area contributed by atoms with Crippen molar-refractivity contribution in [1.82, 2.24) is 9.80 Å². The van der Waals surface area contributed by atoms with Crippen LogP contribution in [0, 0.1) is 23.2 Å². The van der Waals surface area contributed by atoms with Crippen molar-refractivity contribution in [2.24, 2.45) is 23.2 Å². The van der Waals surface area contributed by atoms with Crippen LogP contribution < -0.4 is 0 Å². The maximum absolute atomic E-state index is 14.1. The summed E-state index contributed by atoms with van der Waals surface area (Å²) in [6.45, 7) is 3.51. The van der Waals surface area contributed by atoms with Gasteiger partial charge in [0.2, 0.25) is 11.8 Å². The van der Waals surface area contributed by atoms with Crippen LogP contribution in [0.3, 0.4) is 0 Å². The van der Waals surface area contributed by atoms with Gasteiger partial charge in [0.25, 0.3) is 0 Å². The lowest BCUT2D eigenvalue weighted by Gasteiger charge is -2.56. The fourth-order valence-electron chi connectivity index (χ4n) is 8.13. The molecule has 4 fully saturated rings. The number of thiophene rings is 1. The lowest BCUT2D eigenvalue weighted by Crippen LogP contribution is -2.56. The number of rotatable bonds is 6. The van der Waals surface area contributed by atoms with Gasteiger partial charge in [0.15, 0.2) is 0 Å². The van der Waals surface area contributed by atoms with Gasteiger partial charge in [-0.2, -0.15) is 0 Å². The number of fused-ring (bicyclic) bond motifs is 1. The van der Waals surface area contributed by atoms with E-state index in [2.05, 4.69) is 18.4 Å². The van der Waals surface area contributed by atoms with E-state index in [0.29, 0.717) is 40.9 Å². The predicted molar refractivity (Wildman–Crippen MR) is 146 cm³/mol. The Bertz CT molecular complexity index is 1140. The van der Waals surface area contributed by atoms with Crippen molar-refractivity contribution in [2.75, 3.05) is 19.6 Å². The Hall–Kier alpha value is -1.56. The second-order valence-electron chi connectivity index (χ2n) is 11.6. The maximum Gasteiger partial charge on any atom is 0.242 e. The number of halogens is 2. The smallest absolute Gasteiger partial charge is 0.242 e. The number of hydrogen-bond acceptors (Lipinski definition) is 3. The Morgan fingerprint density at radius 2 is 1.75 bits per heavy atom. The van der Waals surface area contributed by atoms with Gasteiger partial charge in [-0.3, -0.25) is 9.59 Å². The largest absolute Gasteiger partial charge is 0.333 e. The number of amides is 2. The lowest BCUT2D eigenvalue weighted by atomic mass is 9.49. The van der Waals surface area contributed by atoms with E-state index in [1.807, 2.05) is 21.9 Å². The molecule has 0 spiro atoms.